The first kappa shape index (κ1) is 13.2. The molecule has 0 amide bonds. The summed E-state index contributed by atoms with van der Waals surface area (Å²) >= 11 is 0. The summed E-state index contributed by atoms with van der Waals surface area (Å²) in [5, 5.41) is 0. The van der Waals surface area contributed by atoms with Gasteiger partial charge in [-0.25, -0.2) is 0 Å². The minimum atomic E-state index is 0. The van der Waals surface area contributed by atoms with E-state index < -0.39 is 0 Å². The Morgan fingerprint density at radius 2 is 1.80 bits per heavy atom. The second-order valence-electron chi connectivity index (χ2n) is 2.83. The summed E-state index contributed by atoms with van der Waals surface area (Å²) in [6, 6.07) is 0.837. The van der Waals surface area contributed by atoms with Gasteiger partial charge in [-0.1, -0.05) is 6.42 Å². The minimum Gasteiger partial charge on any atom is -0.304 e. The number of hydrogen-bond acceptors (Lipinski definition) is 1. The van der Waals surface area contributed by atoms with Crippen LogP contribution in [0.15, 0.2) is 0 Å². The molecule has 0 aromatic heterocycles. The Morgan fingerprint density at radius 3 is 2.10 bits per heavy atom. The van der Waals surface area contributed by atoms with Gasteiger partial charge in [0, 0.05) is 6.04 Å². The number of likely N-dealkylation sites (tertiary alicyclic amines) is 1. The van der Waals surface area contributed by atoms with Gasteiger partial charge < -0.3 is 4.90 Å². The smallest absolute Gasteiger partial charge is 0.00638 e. The van der Waals surface area contributed by atoms with Crippen LogP contribution in [0.1, 0.15) is 26.2 Å². The molecular weight excluding hydrogens is 169 g/mol. The first-order chi connectivity index (χ1) is 3.80. The molecule has 1 aliphatic heterocycles. The van der Waals surface area contributed by atoms with Crippen LogP contribution in [0.5, 0.6) is 0 Å². The third-order valence-corrected chi connectivity index (χ3v) is 2.14. The van der Waals surface area contributed by atoms with E-state index in [9.17, 15) is 0 Å². The van der Waals surface area contributed by atoms with Gasteiger partial charge in [0.1, 0.15) is 0 Å². The van der Waals surface area contributed by atoms with Crippen LogP contribution >= 0.6 is 24.8 Å². The van der Waals surface area contributed by atoms with E-state index in [1.807, 2.05) is 0 Å². The monoisotopic (exact) mass is 185 g/mol. The molecular formula is C7H17Cl2N. The Kier molecular flexibility index (Phi) is 8.24. The zero-order chi connectivity index (χ0) is 5.98. The minimum absolute atomic E-state index is 0. The van der Waals surface area contributed by atoms with Crippen molar-refractivity contribution in [3.63, 3.8) is 0 Å². The van der Waals surface area contributed by atoms with Crippen molar-refractivity contribution in [3.8, 4) is 0 Å². The summed E-state index contributed by atoms with van der Waals surface area (Å²) < 4.78 is 0. The second kappa shape index (κ2) is 6.26. The van der Waals surface area contributed by atoms with Crippen molar-refractivity contribution < 1.29 is 0 Å². The van der Waals surface area contributed by atoms with E-state index in [1.165, 1.54) is 25.8 Å². The Morgan fingerprint density at radius 1 is 1.20 bits per heavy atom. The van der Waals surface area contributed by atoms with Crippen LogP contribution in [0, 0.1) is 0 Å². The SMILES string of the molecule is CC1CCCCN1C.Cl.Cl. The van der Waals surface area contributed by atoms with Gasteiger partial charge >= 0.3 is 0 Å². The molecule has 10 heavy (non-hydrogen) atoms. The summed E-state index contributed by atoms with van der Waals surface area (Å²) in [6.45, 7) is 3.61. The summed E-state index contributed by atoms with van der Waals surface area (Å²) in [5.41, 5.74) is 0. The Labute approximate surface area is 76.0 Å². The van der Waals surface area contributed by atoms with Crippen LogP contribution in [0.3, 0.4) is 0 Å². The molecule has 64 valence electrons. The van der Waals surface area contributed by atoms with Gasteiger partial charge in [0.15, 0.2) is 0 Å². The molecule has 1 rings (SSSR count). The number of hydrogen-bond donors (Lipinski definition) is 0. The molecule has 1 heterocycles. The Hall–Kier alpha value is 0.540. The van der Waals surface area contributed by atoms with E-state index in [0.717, 1.165) is 6.04 Å². The fourth-order valence-corrected chi connectivity index (χ4v) is 1.24. The fourth-order valence-electron chi connectivity index (χ4n) is 1.24. The second-order valence-corrected chi connectivity index (χ2v) is 2.83. The average Bonchev–Trinajstić information content (AvgIpc) is 1.77. The largest absolute Gasteiger partial charge is 0.304 e. The highest BCUT2D eigenvalue weighted by molar-refractivity contribution is 5.85. The predicted molar refractivity (Wildman–Crippen MR) is 50.4 cm³/mol. The maximum Gasteiger partial charge on any atom is 0.00638 e. The van der Waals surface area contributed by atoms with Gasteiger partial charge in [-0.05, 0) is 33.4 Å². The average molecular weight is 186 g/mol. The number of nitrogens with zero attached hydrogens (tertiary/aromatic N) is 1. The van der Waals surface area contributed by atoms with E-state index in [2.05, 4.69) is 18.9 Å². The highest BCUT2D eigenvalue weighted by Crippen LogP contribution is 2.13. The summed E-state index contributed by atoms with van der Waals surface area (Å²) in [7, 11) is 2.21. The van der Waals surface area contributed by atoms with Crippen molar-refractivity contribution in [2.24, 2.45) is 0 Å². The topological polar surface area (TPSA) is 3.24 Å². The lowest BCUT2D eigenvalue weighted by Crippen LogP contribution is -2.33. The van der Waals surface area contributed by atoms with E-state index in [1.54, 1.807) is 0 Å². The molecule has 3 heteroatoms. The van der Waals surface area contributed by atoms with Gasteiger partial charge in [0.05, 0.1) is 0 Å². The van der Waals surface area contributed by atoms with Crippen molar-refractivity contribution in [3.05, 3.63) is 0 Å². The predicted octanol–water partition coefficient (Wildman–Crippen LogP) is 2.33. The van der Waals surface area contributed by atoms with Crippen LogP contribution in [-0.4, -0.2) is 24.5 Å². The van der Waals surface area contributed by atoms with E-state index in [-0.39, 0.29) is 24.8 Å². The molecule has 0 bridgehead atoms. The van der Waals surface area contributed by atoms with Crippen LogP contribution < -0.4 is 0 Å². The molecule has 0 spiro atoms. The highest BCUT2D eigenvalue weighted by atomic mass is 35.5. The maximum atomic E-state index is 2.43. The molecule has 0 N–H and O–H groups in total. The molecule has 1 aliphatic rings. The maximum absolute atomic E-state index is 2.43. The molecule has 0 aliphatic carbocycles. The molecule has 1 fully saturated rings. The molecule has 0 saturated carbocycles. The first-order valence-corrected chi connectivity index (χ1v) is 3.51. The summed E-state index contributed by atoms with van der Waals surface area (Å²) in [6.07, 6.45) is 4.24. The molecule has 1 nitrogen and oxygen atoms in total. The molecule has 0 aromatic rings. The quantitative estimate of drug-likeness (QED) is 0.561. The zero-order valence-corrected chi connectivity index (χ0v) is 8.30. The van der Waals surface area contributed by atoms with Gasteiger partial charge in [0.2, 0.25) is 0 Å². The van der Waals surface area contributed by atoms with Crippen molar-refractivity contribution in [2.45, 2.75) is 32.2 Å². The molecule has 0 aromatic carbocycles. The highest BCUT2D eigenvalue weighted by Gasteiger charge is 2.12. The number of piperidine rings is 1. The fraction of sp³-hybridized carbons (Fsp3) is 1.00. The van der Waals surface area contributed by atoms with Gasteiger partial charge in [-0.2, -0.15) is 0 Å². The van der Waals surface area contributed by atoms with Crippen LogP contribution in [-0.2, 0) is 0 Å². The lowest BCUT2D eigenvalue weighted by molar-refractivity contribution is 0.200. The molecule has 1 atom stereocenters. The third-order valence-electron chi connectivity index (χ3n) is 2.14. The summed E-state index contributed by atoms with van der Waals surface area (Å²) in [5.74, 6) is 0. The number of halogens is 2. The Balaban J connectivity index is 0. The first-order valence-electron chi connectivity index (χ1n) is 3.51. The third kappa shape index (κ3) is 3.65. The zero-order valence-electron chi connectivity index (χ0n) is 6.67. The standard InChI is InChI=1S/C7H15N.2ClH/c1-7-5-3-4-6-8(7)2;;/h7H,3-6H2,1-2H3;2*1H. The Bertz CT molecular complexity index is 68.0. The van der Waals surface area contributed by atoms with Crippen LogP contribution in [0.25, 0.3) is 0 Å². The van der Waals surface area contributed by atoms with E-state index in [4.69, 9.17) is 0 Å². The van der Waals surface area contributed by atoms with Crippen molar-refractivity contribution in [1.29, 1.82) is 0 Å². The van der Waals surface area contributed by atoms with Crippen LogP contribution in [0.4, 0.5) is 0 Å². The van der Waals surface area contributed by atoms with Crippen molar-refractivity contribution in [2.75, 3.05) is 13.6 Å². The molecule has 1 unspecified atom stereocenters. The van der Waals surface area contributed by atoms with Crippen LogP contribution in [0.2, 0.25) is 0 Å². The van der Waals surface area contributed by atoms with Crippen molar-refractivity contribution >= 4 is 24.8 Å². The lowest BCUT2D eigenvalue weighted by Gasteiger charge is -2.29. The van der Waals surface area contributed by atoms with Gasteiger partial charge in [-0.15, -0.1) is 24.8 Å². The van der Waals surface area contributed by atoms with Crippen molar-refractivity contribution in [1.82, 2.24) is 4.90 Å². The van der Waals surface area contributed by atoms with E-state index >= 15 is 0 Å². The normalized spacial score (nSPS) is 26.4. The summed E-state index contributed by atoms with van der Waals surface area (Å²) in [4.78, 5) is 2.43. The van der Waals surface area contributed by atoms with Gasteiger partial charge in [-0.3, -0.25) is 0 Å². The van der Waals surface area contributed by atoms with E-state index in [0.29, 0.717) is 0 Å². The molecule has 0 radical (unpaired) electrons. The number of rotatable bonds is 0. The van der Waals surface area contributed by atoms with Gasteiger partial charge in [0.25, 0.3) is 0 Å². The lowest BCUT2D eigenvalue weighted by atomic mass is 10.1. The molecule has 1 saturated heterocycles.